The van der Waals surface area contributed by atoms with Gasteiger partial charge in [0.1, 0.15) is 12.4 Å². The van der Waals surface area contributed by atoms with Crippen molar-refractivity contribution in [1.82, 2.24) is 0 Å². The zero-order valence-corrected chi connectivity index (χ0v) is 11.6. The molecule has 0 unspecified atom stereocenters. The Morgan fingerprint density at radius 1 is 1.36 bits per heavy atom. The number of ether oxygens (including phenoxy) is 1. The van der Waals surface area contributed by atoms with Crippen LogP contribution in [0, 0.1) is 0 Å². The smallest absolute Gasteiger partial charge is 0.197 e. The molecule has 1 heterocycles. The molecule has 1 aliphatic heterocycles. The van der Waals surface area contributed by atoms with Gasteiger partial charge in [-0.2, -0.15) is 0 Å². The summed E-state index contributed by atoms with van der Waals surface area (Å²) in [6.07, 6.45) is 0. The van der Waals surface area contributed by atoms with Gasteiger partial charge in [0, 0.05) is 4.47 Å². The van der Waals surface area contributed by atoms with Crippen molar-refractivity contribution >= 4 is 53.6 Å². The summed E-state index contributed by atoms with van der Waals surface area (Å²) in [6.45, 7) is 0.292. The van der Waals surface area contributed by atoms with Crippen LogP contribution in [0.4, 0.5) is 0 Å². The summed E-state index contributed by atoms with van der Waals surface area (Å²) >= 11 is 9.88. The van der Waals surface area contributed by atoms with E-state index in [1.807, 2.05) is 6.07 Å². The molecule has 0 atom stereocenters. The molecule has 1 aromatic carbocycles. The largest absolute Gasteiger partial charge is 0.490 e. The molecule has 0 radical (unpaired) electrons. The van der Waals surface area contributed by atoms with Gasteiger partial charge in [0.25, 0.3) is 0 Å². The number of halogens is 3. The minimum absolute atomic E-state index is 0.0138. The normalized spacial score (nSPS) is 18.6. The van der Waals surface area contributed by atoms with Crippen molar-refractivity contribution in [1.29, 1.82) is 0 Å². The lowest BCUT2D eigenvalue weighted by molar-refractivity contribution is 0.0933. The van der Waals surface area contributed by atoms with Crippen LogP contribution in [-0.2, 0) is 0 Å². The Morgan fingerprint density at radius 2 is 2.07 bits per heavy atom. The van der Waals surface area contributed by atoms with E-state index in [-0.39, 0.29) is 5.78 Å². The zero-order chi connectivity index (χ0) is 10.3. The van der Waals surface area contributed by atoms with Crippen LogP contribution < -0.4 is 4.74 Å². The molecule has 1 aromatic rings. The van der Waals surface area contributed by atoms with E-state index < -0.39 is 3.23 Å². The van der Waals surface area contributed by atoms with E-state index in [4.69, 9.17) is 4.74 Å². The minimum atomic E-state index is -0.784. The summed E-state index contributed by atoms with van der Waals surface area (Å²) in [4.78, 5) is 11.9. The van der Waals surface area contributed by atoms with Crippen molar-refractivity contribution in [2.45, 2.75) is 3.23 Å². The van der Waals surface area contributed by atoms with Crippen LogP contribution in [0.1, 0.15) is 10.4 Å². The Kier molecular flexibility index (Phi) is 2.74. The lowest BCUT2D eigenvalue weighted by atomic mass is 10.1. The predicted molar refractivity (Wildman–Crippen MR) is 64.6 cm³/mol. The molecule has 0 bridgehead atoms. The van der Waals surface area contributed by atoms with Crippen molar-refractivity contribution in [2.24, 2.45) is 0 Å². The molecule has 0 aliphatic carbocycles. The van der Waals surface area contributed by atoms with Gasteiger partial charge in [0.05, 0.1) is 5.56 Å². The number of hydrogen-bond acceptors (Lipinski definition) is 2. The van der Waals surface area contributed by atoms with Crippen LogP contribution in [0.2, 0.25) is 0 Å². The molecule has 0 amide bonds. The molecule has 74 valence electrons. The number of alkyl halides is 2. The topological polar surface area (TPSA) is 26.3 Å². The minimum Gasteiger partial charge on any atom is -0.490 e. The predicted octanol–water partition coefficient (Wildman–Crippen LogP) is 3.51. The van der Waals surface area contributed by atoms with E-state index >= 15 is 0 Å². The number of hydrogen-bond donors (Lipinski definition) is 0. The molecule has 0 aromatic heterocycles. The second-order valence-electron chi connectivity index (χ2n) is 2.96. The highest BCUT2D eigenvalue weighted by Gasteiger charge is 2.39. The Hall–Kier alpha value is 0.130. The molecule has 14 heavy (non-hydrogen) atoms. The average molecular weight is 385 g/mol. The van der Waals surface area contributed by atoms with Crippen molar-refractivity contribution in [2.75, 3.05) is 6.61 Å². The summed E-state index contributed by atoms with van der Waals surface area (Å²) in [5.41, 5.74) is 0.583. The fourth-order valence-corrected chi connectivity index (χ4v) is 2.25. The SMILES string of the molecule is O=C1c2cc(Br)ccc2OCC1(Br)Br. The van der Waals surface area contributed by atoms with Gasteiger partial charge in [0.2, 0.25) is 0 Å². The van der Waals surface area contributed by atoms with Crippen molar-refractivity contribution in [3.8, 4) is 5.75 Å². The number of carbonyl (C=O) groups excluding carboxylic acids is 1. The van der Waals surface area contributed by atoms with Gasteiger partial charge < -0.3 is 4.74 Å². The van der Waals surface area contributed by atoms with E-state index in [0.717, 1.165) is 4.47 Å². The Morgan fingerprint density at radius 3 is 2.79 bits per heavy atom. The second-order valence-corrected chi connectivity index (χ2v) is 7.65. The van der Waals surface area contributed by atoms with Crippen molar-refractivity contribution in [3.05, 3.63) is 28.2 Å². The first kappa shape index (κ1) is 10.6. The molecule has 1 aliphatic rings. The van der Waals surface area contributed by atoms with E-state index in [9.17, 15) is 4.79 Å². The average Bonchev–Trinajstić information content (AvgIpc) is 2.13. The second kappa shape index (κ2) is 3.61. The number of carbonyl (C=O) groups is 1. The number of ketones is 1. The molecule has 2 rings (SSSR count). The van der Waals surface area contributed by atoms with Crippen molar-refractivity contribution in [3.63, 3.8) is 0 Å². The van der Waals surface area contributed by atoms with Gasteiger partial charge >= 0.3 is 0 Å². The highest BCUT2D eigenvalue weighted by molar-refractivity contribution is 9.26. The molecule has 0 saturated heterocycles. The summed E-state index contributed by atoms with van der Waals surface area (Å²) in [5, 5.41) is 0. The van der Waals surface area contributed by atoms with E-state index in [1.54, 1.807) is 12.1 Å². The van der Waals surface area contributed by atoms with Gasteiger partial charge in [0.15, 0.2) is 9.02 Å². The first-order valence-electron chi connectivity index (χ1n) is 3.86. The fourth-order valence-electron chi connectivity index (χ4n) is 1.24. The zero-order valence-electron chi connectivity index (χ0n) is 6.89. The van der Waals surface area contributed by atoms with Gasteiger partial charge in [-0.1, -0.05) is 47.8 Å². The molecule has 0 N–H and O–H groups in total. The summed E-state index contributed by atoms with van der Waals surface area (Å²) in [7, 11) is 0. The van der Waals surface area contributed by atoms with Gasteiger partial charge in [-0.25, -0.2) is 0 Å². The molecule has 0 fully saturated rings. The summed E-state index contributed by atoms with van der Waals surface area (Å²) in [5.74, 6) is 0.618. The van der Waals surface area contributed by atoms with Gasteiger partial charge in [-0.05, 0) is 18.2 Å². The third-order valence-corrected chi connectivity index (χ3v) is 3.60. The first-order valence-corrected chi connectivity index (χ1v) is 6.23. The third-order valence-electron chi connectivity index (χ3n) is 1.93. The molecule has 0 spiro atoms. The van der Waals surface area contributed by atoms with E-state index in [0.29, 0.717) is 17.9 Å². The van der Waals surface area contributed by atoms with E-state index in [2.05, 4.69) is 47.8 Å². The maximum Gasteiger partial charge on any atom is 0.197 e. The molecular weight excluding hydrogens is 380 g/mol. The standard InChI is InChI=1S/C9H5Br3O2/c10-5-1-2-7-6(3-5)8(13)9(11,12)4-14-7/h1-3H,4H2. The number of Topliss-reactive ketones (excluding diaryl/α,β-unsaturated/α-hetero) is 1. The lowest BCUT2D eigenvalue weighted by Crippen LogP contribution is -2.36. The van der Waals surface area contributed by atoms with Gasteiger partial charge in [-0.15, -0.1) is 0 Å². The van der Waals surface area contributed by atoms with Crippen LogP contribution in [0.3, 0.4) is 0 Å². The number of rotatable bonds is 0. The van der Waals surface area contributed by atoms with Crippen LogP contribution in [0.25, 0.3) is 0 Å². The summed E-state index contributed by atoms with van der Waals surface area (Å²) < 4.78 is 5.51. The highest BCUT2D eigenvalue weighted by atomic mass is 79.9. The van der Waals surface area contributed by atoms with Crippen LogP contribution >= 0.6 is 47.8 Å². The van der Waals surface area contributed by atoms with Crippen LogP contribution in [0.15, 0.2) is 22.7 Å². The molecule has 2 nitrogen and oxygen atoms in total. The van der Waals surface area contributed by atoms with Gasteiger partial charge in [-0.3, -0.25) is 4.79 Å². The molecular formula is C9H5Br3O2. The molecule has 5 heteroatoms. The maximum absolute atomic E-state index is 11.9. The Bertz CT molecular complexity index is 401. The van der Waals surface area contributed by atoms with Crippen molar-refractivity contribution < 1.29 is 9.53 Å². The maximum atomic E-state index is 11.9. The Labute approximate surface area is 106 Å². The van der Waals surface area contributed by atoms with Crippen LogP contribution in [-0.4, -0.2) is 15.6 Å². The monoisotopic (exact) mass is 382 g/mol. The van der Waals surface area contributed by atoms with Crippen LogP contribution in [0.5, 0.6) is 5.75 Å². The Balaban J connectivity index is 2.54. The third kappa shape index (κ3) is 1.77. The summed E-state index contributed by atoms with van der Waals surface area (Å²) in [6, 6.07) is 5.39. The van der Waals surface area contributed by atoms with E-state index in [1.165, 1.54) is 0 Å². The number of benzene rings is 1. The highest BCUT2D eigenvalue weighted by Crippen LogP contribution is 2.39. The molecule has 0 saturated carbocycles. The quantitative estimate of drug-likeness (QED) is 0.640. The number of fused-ring (bicyclic) bond motifs is 1. The lowest BCUT2D eigenvalue weighted by Gasteiger charge is -2.26. The fraction of sp³-hybridized carbons (Fsp3) is 0.222. The first-order chi connectivity index (χ1) is 6.50.